The summed E-state index contributed by atoms with van der Waals surface area (Å²) in [6, 6.07) is 5.45. The molecule has 0 spiro atoms. The molecule has 0 saturated carbocycles. The molecule has 0 bridgehead atoms. The van der Waals surface area contributed by atoms with Gasteiger partial charge in [-0.05, 0) is 23.1 Å². The molecule has 2 nitrogen and oxygen atoms in total. The summed E-state index contributed by atoms with van der Waals surface area (Å²) >= 11 is 5.96. The average molecular weight is 194 g/mol. The van der Waals surface area contributed by atoms with E-state index in [2.05, 4.69) is 4.98 Å². The Kier molecular flexibility index (Phi) is 2.17. The first kappa shape index (κ1) is 8.48. The number of aliphatic hydroxyl groups excluding tert-OH is 1. The number of rotatable bonds is 1. The molecule has 66 valence electrons. The topological polar surface area (TPSA) is 33.1 Å². The second-order valence-electron chi connectivity index (χ2n) is 2.79. The van der Waals surface area contributed by atoms with Gasteiger partial charge in [-0.1, -0.05) is 17.7 Å². The smallest absolute Gasteiger partial charge is 0.0687 e. The third-order valence-electron chi connectivity index (χ3n) is 2.03. The Morgan fingerprint density at radius 2 is 2.08 bits per heavy atom. The fourth-order valence-electron chi connectivity index (χ4n) is 1.36. The van der Waals surface area contributed by atoms with Crippen LogP contribution in [-0.2, 0) is 6.61 Å². The van der Waals surface area contributed by atoms with E-state index in [0.29, 0.717) is 5.02 Å². The van der Waals surface area contributed by atoms with E-state index in [1.54, 1.807) is 18.5 Å². The number of aromatic nitrogens is 1. The lowest BCUT2D eigenvalue weighted by Crippen LogP contribution is -1.86. The molecule has 0 unspecified atom stereocenters. The molecule has 1 aromatic heterocycles. The number of aliphatic hydroxyl groups is 1. The predicted octanol–water partition coefficient (Wildman–Crippen LogP) is 2.38. The molecule has 2 aromatic rings. The fourth-order valence-corrected chi connectivity index (χ4v) is 1.57. The van der Waals surface area contributed by atoms with Gasteiger partial charge in [0.2, 0.25) is 0 Å². The summed E-state index contributed by atoms with van der Waals surface area (Å²) in [5, 5.41) is 11.6. The minimum absolute atomic E-state index is 0.0255. The second-order valence-corrected chi connectivity index (χ2v) is 3.19. The Balaban J connectivity index is 2.84. The lowest BCUT2D eigenvalue weighted by Gasteiger charge is -2.03. The zero-order valence-electron chi connectivity index (χ0n) is 6.87. The standard InChI is InChI=1S/C10H8ClNO/c11-10-2-1-7(6-13)8-3-4-12-5-9(8)10/h1-5,13H,6H2. The van der Waals surface area contributed by atoms with Crippen molar-refractivity contribution in [3.63, 3.8) is 0 Å². The lowest BCUT2D eigenvalue weighted by molar-refractivity contribution is 0.283. The van der Waals surface area contributed by atoms with Crippen molar-refractivity contribution in [1.82, 2.24) is 4.98 Å². The van der Waals surface area contributed by atoms with E-state index in [0.717, 1.165) is 16.3 Å². The maximum atomic E-state index is 9.06. The molecule has 1 N–H and O–H groups in total. The van der Waals surface area contributed by atoms with Gasteiger partial charge >= 0.3 is 0 Å². The van der Waals surface area contributed by atoms with Crippen molar-refractivity contribution in [2.24, 2.45) is 0 Å². The van der Waals surface area contributed by atoms with Crippen LogP contribution in [0.4, 0.5) is 0 Å². The van der Waals surface area contributed by atoms with Crippen LogP contribution in [0, 0.1) is 0 Å². The normalized spacial score (nSPS) is 10.6. The van der Waals surface area contributed by atoms with E-state index < -0.39 is 0 Å². The van der Waals surface area contributed by atoms with Crippen molar-refractivity contribution >= 4 is 22.4 Å². The third-order valence-corrected chi connectivity index (χ3v) is 2.36. The average Bonchev–Trinajstić information content (AvgIpc) is 2.19. The fraction of sp³-hybridized carbons (Fsp3) is 0.100. The number of pyridine rings is 1. The molecule has 3 heteroatoms. The summed E-state index contributed by atoms with van der Waals surface area (Å²) in [6.07, 6.45) is 3.40. The van der Waals surface area contributed by atoms with Gasteiger partial charge in [-0.2, -0.15) is 0 Å². The number of hydrogen-bond donors (Lipinski definition) is 1. The van der Waals surface area contributed by atoms with Gasteiger partial charge < -0.3 is 5.11 Å². The first-order valence-electron chi connectivity index (χ1n) is 3.95. The summed E-state index contributed by atoms with van der Waals surface area (Å²) in [7, 11) is 0. The maximum absolute atomic E-state index is 9.06. The van der Waals surface area contributed by atoms with Crippen LogP contribution in [0.1, 0.15) is 5.56 Å². The predicted molar refractivity (Wildman–Crippen MR) is 52.7 cm³/mol. The van der Waals surface area contributed by atoms with Crippen molar-refractivity contribution < 1.29 is 5.11 Å². The largest absolute Gasteiger partial charge is 0.392 e. The zero-order valence-corrected chi connectivity index (χ0v) is 7.62. The summed E-state index contributed by atoms with van der Waals surface area (Å²) in [4.78, 5) is 3.98. The van der Waals surface area contributed by atoms with Crippen LogP contribution in [0.3, 0.4) is 0 Å². The van der Waals surface area contributed by atoms with Gasteiger partial charge in [0.25, 0.3) is 0 Å². The van der Waals surface area contributed by atoms with Crippen LogP contribution in [0.2, 0.25) is 5.02 Å². The van der Waals surface area contributed by atoms with Gasteiger partial charge in [0, 0.05) is 22.8 Å². The first-order valence-corrected chi connectivity index (χ1v) is 4.32. The first-order chi connectivity index (χ1) is 6.33. The van der Waals surface area contributed by atoms with Crippen molar-refractivity contribution in [2.75, 3.05) is 0 Å². The number of benzene rings is 1. The van der Waals surface area contributed by atoms with Crippen LogP contribution in [0.15, 0.2) is 30.6 Å². The van der Waals surface area contributed by atoms with E-state index in [4.69, 9.17) is 16.7 Å². The molecule has 0 atom stereocenters. The van der Waals surface area contributed by atoms with Gasteiger partial charge in [0.1, 0.15) is 0 Å². The third kappa shape index (κ3) is 1.39. The highest BCUT2D eigenvalue weighted by atomic mass is 35.5. The van der Waals surface area contributed by atoms with Crippen LogP contribution in [-0.4, -0.2) is 10.1 Å². The van der Waals surface area contributed by atoms with E-state index >= 15 is 0 Å². The Labute approximate surface area is 80.8 Å². The Morgan fingerprint density at radius 1 is 1.23 bits per heavy atom. The number of halogens is 1. The van der Waals surface area contributed by atoms with Crippen molar-refractivity contribution in [3.05, 3.63) is 41.2 Å². The van der Waals surface area contributed by atoms with E-state index in [9.17, 15) is 0 Å². The van der Waals surface area contributed by atoms with Gasteiger partial charge in [-0.15, -0.1) is 0 Å². The zero-order chi connectivity index (χ0) is 9.26. The molecule has 2 rings (SSSR count). The summed E-state index contributed by atoms with van der Waals surface area (Å²) in [5.41, 5.74) is 0.877. The van der Waals surface area contributed by atoms with E-state index in [1.807, 2.05) is 12.1 Å². The quantitative estimate of drug-likeness (QED) is 0.755. The number of fused-ring (bicyclic) bond motifs is 1. The molecule has 13 heavy (non-hydrogen) atoms. The molecule has 0 fully saturated rings. The van der Waals surface area contributed by atoms with E-state index in [1.165, 1.54) is 0 Å². The van der Waals surface area contributed by atoms with E-state index in [-0.39, 0.29) is 6.61 Å². The Hall–Kier alpha value is -1.12. The minimum atomic E-state index is 0.0255. The Morgan fingerprint density at radius 3 is 2.85 bits per heavy atom. The lowest BCUT2D eigenvalue weighted by atomic mass is 10.1. The molecule has 0 amide bonds. The van der Waals surface area contributed by atoms with Crippen LogP contribution in [0.5, 0.6) is 0 Å². The summed E-state index contributed by atoms with van der Waals surface area (Å²) < 4.78 is 0. The highest BCUT2D eigenvalue weighted by molar-refractivity contribution is 6.35. The molecule has 0 aliphatic heterocycles. The molecule has 0 aliphatic carbocycles. The number of hydrogen-bond acceptors (Lipinski definition) is 2. The summed E-state index contributed by atoms with van der Waals surface area (Å²) in [5.74, 6) is 0. The molecule has 1 aromatic carbocycles. The monoisotopic (exact) mass is 193 g/mol. The van der Waals surface area contributed by atoms with Gasteiger partial charge in [-0.25, -0.2) is 0 Å². The SMILES string of the molecule is OCc1ccc(Cl)c2cnccc12. The molecule has 1 heterocycles. The van der Waals surface area contributed by atoms with Gasteiger partial charge in [0.15, 0.2) is 0 Å². The van der Waals surface area contributed by atoms with Crippen molar-refractivity contribution in [3.8, 4) is 0 Å². The minimum Gasteiger partial charge on any atom is -0.392 e. The van der Waals surface area contributed by atoms with Crippen LogP contribution < -0.4 is 0 Å². The molecule has 0 radical (unpaired) electrons. The van der Waals surface area contributed by atoms with Crippen molar-refractivity contribution in [2.45, 2.75) is 6.61 Å². The summed E-state index contributed by atoms with van der Waals surface area (Å²) in [6.45, 7) is 0.0255. The highest BCUT2D eigenvalue weighted by Crippen LogP contribution is 2.25. The van der Waals surface area contributed by atoms with Gasteiger partial charge in [0.05, 0.1) is 6.61 Å². The molecule has 0 saturated heterocycles. The number of nitrogens with zero attached hydrogens (tertiary/aromatic N) is 1. The van der Waals surface area contributed by atoms with Crippen LogP contribution in [0.25, 0.3) is 10.8 Å². The van der Waals surface area contributed by atoms with Crippen molar-refractivity contribution in [1.29, 1.82) is 0 Å². The van der Waals surface area contributed by atoms with Gasteiger partial charge in [-0.3, -0.25) is 4.98 Å². The Bertz CT molecular complexity index is 442. The molecule has 0 aliphatic rings. The molecular formula is C10H8ClNO. The molecular weight excluding hydrogens is 186 g/mol. The maximum Gasteiger partial charge on any atom is 0.0687 e. The second kappa shape index (κ2) is 3.32. The highest BCUT2D eigenvalue weighted by Gasteiger charge is 2.02. The van der Waals surface area contributed by atoms with Crippen LogP contribution >= 0.6 is 11.6 Å².